The summed E-state index contributed by atoms with van der Waals surface area (Å²) in [5.41, 5.74) is 1.98. The van der Waals surface area contributed by atoms with Gasteiger partial charge in [-0.1, -0.05) is 19.1 Å². The number of amides is 1. The van der Waals surface area contributed by atoms with Gasteiger partial charge < -0.3 is 15.0 Å². The summed E-state index contributed by atoms with van der Waals surface area (Å²) in [5, 5.41) is 2.93. The van der Waals surface area contributed by atoms with Crippen LogP contribution in [0.4, 0.5) is 5.69 Å². The van der Waals surface area contributed by atoms with Gasteiger partial charge in [-0.25, -0.2) is 0 Å². The van der Waals surface area contributed by atoms with Gasteiger partial charge in [-0.05, 0) is 31.2 Å². The van der Waals surface area contributed by atoms with E-state index in [1.54, 1.807) is 0 Å². The molecule has 1 fully saturated rings. The van der Waals surface area contributed by atoms with Gasteiger partial charge in [-0.15, -0.1) is 0 Å². The van der Waals surface area contributed by atoms with Crippen molar-refractivity contribution in [2.75, 3.05) is 32.1 Å². The van der Waals surface area contributed by atoms with Crippen molar-refractivity contribution >= 4 is 11.6 Å². The van der Waals surface area contributed by atoms with E-state index in [2.05, 4.69) is 23.3 Å². The number of morpholine rings is 1. The monoisotopic (exact) mass is 262 g/mol. The number of benzene rings is 1. The van der Waals surface area contributed by atoms with Crippen LogP contribution in [-0.4, -0.2) is 37.6 Å². The summed E-state index contributed by atoms with van der Waals surface area (Å²) in [6, 6.07) is 7.95. The summed E-state index contributed by atoms with van der Waals surface area (Å²) in [7, 11) is 2.10. The van der Waals surface area contributed by atoms with E-state index < -0.39 is 0 Å². The van der Waals surface area contributed by atoms with Crippen LogP contribution in [0.15, 0.2) is 24.3 Å². The lowest BCUT2D eigenvalue weighted by Crippen LogP contribution is -2.35. The molecule has 0 bridgehead atoms. The highest BCUT2D eigenvalue weighted by Crippen LogP contribution is 2.24. The third-order valence-corrected chi connectivity index (χ3v) is 3.29. The van der Waals surface area contributed by atoms with E-state index in [0.717, 1.165) is 37.4 Å². The van der Waals surface area contributed by atoms with Crippen LogP contribution in [0.5, 0.6) is 0 Å². The predicted octanol–water partition coefficient (Wildman–Crippen LogP) is 2.43. The van der Waals surface area contributed by atoms with Gasteiger partial charge in [0.15, 0.2) is 0 Å². The zero-order valence-corrected chi connectivity index (χ0v) is 11.7. The molecule has 1 aromatic carbocycles. The molecule has 0 spiro atoms. The molecule has 4 heteroatoms. The van der Waals surface area contributed by atoms with Crippen molar-refractivity contribution in [3.8, 4) is 0 Å². The van der Waals surface area contributed by atoms with Crippen molar-refractivity contribution in [1.82, 2.24) is 4.90 Å². The molecule has 1 unspecified atom stereocenters. The van der Waals surface area contributed by atoms with Crippen LogP contribution in [0.25, 0.3) is 0 Å². The lowest BCUT2D eigenvalue weighted by Gasteiger charge is -2.30. The largest absolute Gasteiger partial charge is 0.371 e. The maximum absolute atomic E-state index is 11.6. The third kappa shape index (κ3) is 4.04. The summed E-state index contributed by atoms with van der Waals surface area (Å²) < 4.78 is 5.79. The van der Waals surface area contributed by atoms with Crippen LogP contribution < -0.4 is 5.32 Å². The van der Waals surface area contributed by atoms with Crippen molar-refractivity contribution in [1.29, 1.82) is 0 Å². The Balaban J connectivity index is 2.04. The highest BCUT2D eigenvalue weighted by molar-refractivity contribution is 5.90. The number of hydrogen-bond acceptors (Lipinski definition) is 3. The Hall–Kier alpha value is -1.39. The molecule has 1 atom stereocenters. The summed E-state index contributed by atoms with van der Waals surface area (Å²) >= 11 is 0. The Morgan fingerprint density at radius 1 is 1.53 bits per heavy atom. The first-order chi connectivity index (χ1) is 9.19. The fourth-order valence-corrected chi connectivity index (χ4v) is 2.25. The minimum Gasteiger partial charge on any atom is -0.371 e. The number of rotatable bonds is 4. The number of hydrogen-bond donors (Lipinski definition) is 1. The summed E-state index contributed by atoms with van der Waals surface area (Å²) in [6.07, 6.45) is 1.52. The molecule has 1 heterocycles. The van der Waals surface area contributed by atoms with Gasteiger partial charge in [0.05, 0.1) is 12.7 Å². The molecule has 1 N–H and O–H groups in total. The van der Waals surface area contributed by atoms with Gasteiger partial charge in [0.1, 0.15) is 0 Å². The molecular weight excluding hydrogens is 240 g/mol. The van der Waals surface area contributed by atoms with Crippen LogP contribution >= 0.6 is 0 Å². The number of likely N-dealkylation sites (N-methyl/N-ethyl adjacent to an activating group) is 1. The van der Waals surface area contributed by atoms with Gasteiger partial charge in [-0.3, -0.25) is 4.79 Å². The van der Waals surface area contributed by atoms with Crippen LogP contribution in [0, 0.1) is 0 Å². The second-order valence-electron chi connectivity index (χ2n) is 5.05. The van der Waals surface area contributed by atoms with Crippen molar-refractivity contribution < 1.29 is 9.53 Å². The zero-order chi connectivity index (χ0) is 13.7. The number of nitrogens with zero attached hydrogens (tertiary/aromatic N) is 1. The minimum atomic E-state index is 0.0707. The molecule has 1 aliphatic rings. The Morgan fingerprint density at radius 2 is 2.37 bits per heavy atom. The molecule has 2 rings (SSSR count). The molecule has 0 saturated carbocycles. The van der Waals surface area contributed by atoms with Crippen molar-refractivity contribution in [2.45, 2.75) is 25.9 Å². The fraction of sp³-hybridized carbons (Fsp3) is 0.533. The molecule has 104 valence electrons. The van der Waals surface area contributed by atoms with E-state index in [1.807, 2.05) is 25.1 Å². The van der Waals surface area contributed by atoms with Crippen molar-refractivity contribution in [2.24, 2.45) is 0 Å². The van der Waals surface area contributed by atoms with E-state index in [1.165, 1.54) is 0 Å². The van der Waals surface area contributed by atoms with Gasteiger partial charge in [0, 0.05) is 25.2 Å². The van der Waals surface area contributed by atoms with Gasteiger partial charge in [0.25, 0.3) is 0 Å². The Kier molecular flexibility index (Phi) is 4.93. The second-order valence-corrected chi connectivity index (χ2v) is 5.05. The van der Waals surface area contributed by atoms with E-state index in [-0.39, 0.29) is 12.0 Å². The SMILES string of the molecule is CCCC(=O)Nc1cccc(C2CN(C)CCO2)c1. The quantitative estimate of drug-likeness (QED) is 0.906. The van der Waals surface area contributed by atoms with Crippen molar-refractivity contribution in [3.63, 3.8) is 0 Å². The first kappa shape index (κ1) is 14.0. The molecule has 4 nitrogen and oxygen atoms in total. The second kappa shape index (κ2) is 6.68. The van der Waals surface area contributed by atoms with Crippen LogP contribution in [0.2, 0.25) is 0 Å². The van der Waals surface area contributed by atoms with E-state index in [4.69, 9.17) is 4.74 Å². The minimum absolute atomic E-state index is 0.0707. The molecular formula is C15H22N2O2. The number of anilines is 1. The molecule has 1 saturated heterocycles. The average Bonchev–Trinajstić information content (AvgIpc) is 2.39. The first-order valence-electron chi connectivity index (χ1n) is 6.89. The maximum atomic E-state index is 11.6. The van der Waals surface area contributed by atoms with E-state index in [0.29, 0.717) is 6.42 Å². The molecule has 19 heavy (non-hydrogen) atoms. The van der Waals surface area contributed by atoms with Crippen LogP contribution in [0.1, 0.15) is 31.4 Å². The third-order valence-electron chi connectivity index (χ3n) is 3.29. The highest BCUT2D eigenvalue weighted by Gasteiger charge is 2.19. The number of ether oxygens (including phenoxy) is 1. The van der Waals surface area contributed by atoms with Crippen LogP contribution in [-0.2, 0) is 9.53 Å². The van der Waals surface area contributed by atoms with Crippen molar-refractivity contribution in [3.05, 3.63) is 29.8 Å². The smallest absolute Gasteiger partial charge is 0.224 e. The Labute approximate surface area is 114 Å². The Morgan fingerprint density at radius 3 is 3.11 bits per heavy atom. The van der Waals surface area contributed by atoms with E-state index in [9.17, 15) is 4.79 Å². The number of carbonyl (C=O) groups is 1. The molecule has 0 aliphatic carbocycles. The zero-order valence-electron chi connectivity index (χ0n) is 11.7. The fourth-order valence-electron chi connectivity index (χ4n) is 2.25. The topological polar surface area (TPSA) is 41.6 Å². The van der Waals surface area contributed by atoms with E-state index >= 15 is 0 Å². The predicted molar refractivity (Wildman–Crippen MR) is 76.2 cm³/mol. The molecule has 1 amide bonds. The standard InChI is InChI=1S/C15H22N2O2/c1-3-5-15(18)16-13-7-4-6-12(10-13)14-11-17(2)8-9-19-14/h4,6-7,10,14H,3,5,8-9,11H2,1-2H3,(H,16,18). The Bertz CT molecular complexity index is 434. The molecule has 0 radical (unpaired) electrons. The molecule has 1 aliphatic heterocycles. The number of nitrogens with one attached hydrogen (secondary N) is 1. The van der Waals surface area contributed by atoms with Crippen LogP contribution in [0.3, 0.4) is 0 Å². The molecule has 0 aromatic heterocycles. The average molecular weight is 262 g/mol. The lowest BCUT2D eigenvalue weighted by molar-refractivity contribution is -0.116. The van der Waals surface area contributed by atoms with Gasteiger partial charge in [-0.2, -0.15) is 0 Å². The van der Waals surface area contributed by atoms with Gasteiger partial charge in [0.2, 0.25) is 5.91 Å². The first-order valence-corrected chi connectivity index (χ1v) is 6.89. The summed E-state index contributed by atoms with van der Waals surface area (Å²) in [5.74, 6) is 0.0707. The lowest BCUT2D eigenvalue weighted by atomic mass is 10.1. The normalized spacial score (nSPS) is 20.2. The maximum Gasteiger partial charge on any atom is 0.224 e. The highest BCUT2D eigenvalue weighted by atomic mass is 16.5. The van der Waals surface area contributed by atoms with Gasteiger partial charge >= 0.3 is 0 Å². The summed E-state index contributed by atoms with van der Waals surface area (Å²) in [6.45, 7) is 4.63. The number of carbonyl (C=O) groups excluding carboxylic acids is 1. The molecule has 1 aromatic rings. The summed E-state index contributed by atoms with van der Waals surface area (Å²) in [4.78, 5) is 13.9.